The van der Waals surface area contributed by atoms with Crippen LogP contribution in [-0.2, 0) is 17.7 Å². The Kier molecular flexibility index (Phi) is 4.22. The number of imidazole rings is 2. The van der Waals surface area contributed by atoms with Crippen LogP contribution in [0.5, 0.6) is 0 Å². The number of pyridine rings is 1. The summed E-state index contributed by atoms with van der Waals surface area (Å²) in [6.07, 6.45) is 8.01. The lowest BCUT2D eigenvalue weighted by molar-refractivity contribution is 0.193. The van der Waals surface area contributed by atoms with E-state index in [1.165, 1.54) is 17.0 Å². The number of aromatic nitrogens is 4. The highest BCUT2D eigenvalue weighted by atomic mass is 16.5. The first kappa shape index (κ1) is 16.3. The fraction of sp³-hybridized carbons (Fsp3) is 0.273. The molecule has 1 aliphatic heterocycles. The Bertz CT molecular complexity index is 1040. The molecular formula is C22H22N4O. The van der Waals surface area contributed by atoms with E-state index in [4.69, 9.17) is 9.72 Å². The quantitative estimate of drug-likeness (QED) is 0.543. The van der Waals surface area contributed by atoms with Crippen molar-refractivity contribution in [1.82, 2.24) is 18.9 Å². The smallest absolute Gasteiger partial charge is 0.136 e. The van der Waals surface area contributed by atoms with Gasteiger partial charge in [-0.1, -0.05) is 36.4 Å². The summed E-state index contributed by atoms with van der Waals surface area (Å²) >= 11 is 0. The third-order valence-corrected chi connectivity index (χ3v) is 5.34. The van der Waals surface area contributed by atoms with Crippen molar-refractivity contribution in [2.24, 2.45) is 0 Å². The van der Waals surface area contributed by atoms with E-state index < -0.39 is 0 Å². The average Bonchev–Trinajstić information content (AvgIpc) is 3.46. The standard InChI is InChI=1S/C22H22N4O/c1-2-6-17(7-3-1)21-22(18-10-13-27-15-18)25(16-24-21)12-9-19-14-23-20-8-4-5-11-26(19)20/h1-8,11,14,16,18H,9-10,12-13,15H2/t18-/m1/s1. The minimum atomic E-state index is 0.407. The van der Waals surface area contributed by atoms with Crippen molar-refractivity contribution in [1.29, 1.82) is 0 Å². The monoisotopic (exact) mass is 358 g/mol. The zero-order valence-electron chi connectivity index (χ0n) is 15.2. The molecule has 1 atom stereocenters. The molecule has 3 aromatic heterocycles. The minimum Gasteiger partial charge on any atom is -0.381 e. The van der Waals surface area contributed by atoms with Gasteiger partial charge in [-0.05, 0) is 18.6 Å². The maximum absolute atomic E-state index is 5.68. The summed E-state index contributed by atoms with van der Waals surface area (Å²) in [7, 11) is 0. The molecule has 5 heteroatoms. The van der Waals surface area contributed by atoms with Crippen LogP contribution in [0.2, 0.25) is 0 Å². The Morgan fingerprint density at radius 1 is 1.04 bits per heavy atom. The molecule has 0 unspecified atom stereocenters. The number of nitrogens with zero attached hydrogens (tertiary/aromatic N) is 4. The van der Waals surface area contributed by atoms with Crippen LogP contribution < -0.4 is 0 Å². The maximum atomic E-state index is 5.68. The largest absolute Gasteiger partial charge is 0.381 e. The first-order chi connectivity index (χ1) is 13.4. The zero-order chi connectivity index (χ0) is 18.1. The molecule has 0 N–H and O–H groups in total. The van der Waals surface area contributed by atoms with E-state index in [1.54, 1.807) is 0 Å². The van der Waals surface area contributed by atoms with Crippen LogP contribution in [0.4, 0.5) is 0 Å². The molecule has 4 aromatic rings. The van der Waals surface area contributed by atoms with Crippen molar-refractivity contribution in [3.05, 3.63) is 78.6 Å². The fourth-order valence-corrected chi connectivity index (χ4v) is 3.97. The molecule has 5 rings (SSSR count). The lowest BCUT2D eigenvalue weighted by Gasteiger charge is -2.15. The minimum absolute atomic E-state index is 0.407. The van der Waals surface area contributed by atoms with Gasteiger partial charge < -0.3 is 13.7 Å². The molecule has 1 aliphatic rings. The first-order valence-corrected chi connectivity index (χ1v) is 9.49. The van der Waals surface area contributed by atoms with E-state index in [-0.39, 0.29) is 0 Å². The van der Waals surface area contributed by atoms with Gasteiger partial charge in [0.2, 0.25) is 0 Å². The van der Waals surface area contributed by atoms with Gasteiger partial charge in [-0.2, -0.15) is 0 Å². The molecule has 1 aromatic carbocycles. The zero-order valence-corrected chi connectivity index (χ0v) is 15.2. The number of aryl methyl sites for hydroxylation is 2. The summed E-state index contributed by atoms with van der Waals surface area (Å²) in [5.74, 6) is 0.407. The highest BCUT2D eigenvalue weighted by Gasteiger charge is 2.25. The molecule has 0 radical (unpaired) electrons. The summed E-state index contributed by atoms with van der Waals surface area (Å²) in [4.78, 5) is 9.28. The van der Waals surface area contributed by atoms with Crippen molar-refractivity contribution < 1.29 is 4.74 Å². The van der Waals surface area contributed by atoms with Gasteiger partial charge in [-0.3, -0.25) is 0 Å². The molecule has 0 saturated carbocycles. The van der Waals surface area contributed by atoms with E-state index in [0.717, 1.165) is 43.9 Å². The Labute approximate surface area is 158 Å². The summed E-state index contributed by atoms with van der Waals surface area (Å²) in [6, 6.07) is 16.6. The molecule has 5 nitrogen and oxygen atoms in total. The topological polar surface area (TPSA) is 44.4 Å². The van der Waals surface area contributed by atoms with Gasteiger partial charge >= 0.3 is 0 Å². The third kappa shape index (κ3) is 3.04. The van der Waals surface area contributed by atoms with Gasteiger partial charge in [0.1, 0.15) is 5.65 Å². The van der Waals surface area contributed by atoms with E-state index in [0.29, 0.717) is 5.92 Å². The average molecular weight is 358 g/mol. The Morgan fingerprint density at radius 3 is 2.78 bits per heavy atom. The van der Waals surface area contributed by atoms with E-state index in [9.17, 15) is 0 Å². The Hall–Kier alpha value is -2.92. The summed E-state index contributed by atoms with van der Waals surface area (Å²) in [6.45, 7) is 2.49. The summed E-state index contributed by atoms with van der Waals surface area (Å²) < 4.78 is 10.1. The highest BCUT2D eigenvalue weighted by molar-refractivity contribution is 5.62. The second-order valence-corrected chi connectivity index (χ2v) is 7.03. The van der Waals surface area contributed by atoms with E-state index in [2.05, 4.69) is 44.4 Å². The molecule has 0 bridgehead atoms. The highest BCUT2D eigenvalue weighted by Crippen LogP contribution is 2.33. The third-order valence-electron chi connectivity index (χ3n) is 5.34. The number of fused-ring (bicyclic) bond motifs is 1. The van der Waals surface area contributed by atoms with Crippen molar-refractivity contribution in [2.45, 2.75) is 25.3 Å². The van der Waals surface area contributed by atoms with Crippen molar-refractivity contribution in [3.8, 4) is 11.3 Å². The second-order valence-electron chi connectivity index (χ2n) is 7.03. The number of rotatable bonds is 5. The van der Waals surface area contributed by atoms with E-state index >= 15 is 0 Å². The molecule has 27 heavy (non-hydrogen) atoms. The second kappa shape index (κ2) is 7.00. The van der Waals surface area contributed by atoms with Gasteiger partial charge in [0.25, 0.3) is 0 Å². The first-order valence-electron chi connectivity index (χ1n) is 9.49. The van der Waals surface area contributed by atoms with Crippen LogP contribution in [0.25, 0.3) is 16.9 Å². The maximum Gasteiger partial charge on any atom is 0.136 e. The van der Waals surface area contributed by atoms with Crippen LogP contribution >= 0.6 is 0 Å². The van der Waals surface area contributed by atoms with Gasteiger partial charge in [0, 0.05) is 49.1 Å². The van der Waals surface area contributed by atoms with Crippen molar-refractivity contribution in [2.75, 3.05) is 13.2 Å². The lowest BCUT2D eigenvalue weighted by atomic mass is 9.99. The Morgan fingerprint density at radius 2 is 1.93 bits per heavy atom. The fourth-order valence-electron chi connectivity index (χ4n) is 3.97. The number of ether oxygens (including phenoxy) is 1. The number of benzene rings is 1. The van der Waals surface area contributed by atoms with Crippen LogP contribution in [0.3, 0.4) is 0 Å². The molecule has 0 aliphatic carbocycles. The molecule has 0 spiro atoms. The van der Waals surface area contributed by atoms with Gasteiger partial charge in [-0.25, -0.2) is 9.97 Å². The summed E-state index contributed by atoms with van der Waals surface area (Å²) in [5, 5.41) is 0. The molecular weight excluding hydrogens is 336 g/mol. The van der Waals surface area contributed by atoms with E-state index in [1.807, 2.05) is 36.8 Å². The van der Waals surface area contributed by atoms with Crippen LogP contribution in [0.15, 0.2) is 67.3 Å². The predicted octanol–water partition coefficient (Wildman–Crippen LogP) is 3.94. The molecule has 4 heterocycles. The van der Waals surface area contributed by atoms with Crippen LogP contribution in [0.1, 0.15) is 23.7 Å². The Balaban J connectivity index is 1.47. The number of hydrogen-bond donors (Lipinski definition) is 0. The van der Waals surface area contributed by atoms with Crippen molar-refractivity contribution >= 4 is 5.65 Å². The van der Waals surface area contributed by atoms with Crippen molar-refractivity contribution in [3.63, 3.8) is 0 Å². The molecule has 136 valence electrons. The SMILES string of the molecule is c1ccc(-c2ncn(CCc3cnc4ccccn34)c2[C@@H]2CCOC2)cc1. The van der Waals surface area contributed by atoms with Crippen LogP contribution in [0, 0.1) is 0 Å². The summed E-state index contributed by atoms with van der Waals surface area (Å²) in [5.41, 5.74) is 5.77. The molecule has 0 amide bonds. The number of hydrogen-bond acceptors (Lipinski definition) is 3. The van der Waals surface area contributed by atoms with Gasteiger partial charge in [-0.15, -0.1) is 0 Å². The molecule has 1 saturated heterocycles. The normalized spacial score (nSPS) is 17.0. The van der Waals surface area contributed by atoms with Gasteiger partial charge in [0.15, 0.2) is 0 Å². The van der Waals surface area contributed by atoms with Crippen LogP contribution in [-0.4, -0.2) is 32.1 Å². The molecule has 1 fully saturated rings. The lowest BCUT2D eigenvalue weighted by Crippen LogP contribution is -2.11. The van der Waals surface area contributed by atoms with Gasteiger partial charge in [0.05, 0.1) is 24.3 Å². The predicted molar refractivity (Wildman–Crippen MR) is 105 cm³/mol.